The molecule has 0 spiro atoms. The minimum absolute atomic E-state index is 0. The lowest BCUT2D eigenvalue weighted by molar-refractivity contribution is -0.0175. The molecule has 0 amide bonds. The van der Waals surface area contributed by atoms with Crippen LogP contribution in [0.3, 0.4) is 0 Å². The van der Waals surface area contributed by atoms with Gasteiger partial charge in [-0.2, -0.15) is 0 Å². The fourth-order valence-corrected chi connectivity index (χ4v) is 4.18. The van der Waals surface area contributed by atoms with Crippen molar-refractivity contribution >= 4 is 29.9 Å². The number of nitrogens with one attached hydrogen (secondary N) is 1. The maximum Gasteiger partial charge on any atom is 0.193 e. The van der Waals surface area contributed by atoms with Crippen LogP contribution >= 0.6 is 24.0 Å². The SMILES string of the molecule is CN=C(NCC(C)N1CCOCC1C)N1CCC(C)C(n2ccnc2)C1.I. The maximum atomic E-state index is 5.56. The molecule has 1 aromatic rings. The second-order valence-corrected chi connectivity index (χ2v) is 7.73. The molecule has 3 heterocycles. The number of piperidine rings is 1. The number of morpholine rings is 1. The molecule has 2 fully saturated rings. The molecular weight excluding hydrogens is 455 g/mol. The van der Waals surface area contributed by atoms with Crippen LogP contribution in [0, 0.1) is 5.92 Å². The van der Waals surface area contributed by atoms with Gasteiger partial charge in [0.25, 0.3) is 0 Å². The van der Waals surface area contributed by atoms with Crippen LogP contribution in [0.15, 0.2) is 23.7 Å². The minimum atomic E-state index is 0. The number of guanidine groups is 1. The molecule has 0 radical (unpaired) electrons. The molecule has 1 aromatic heterocycles. The van der Waals surface area contributed by atoms with E-state index in [1.165, 1.54) is 6.42 Å². The quantitative estimate of drug-likeness (QED) is 0.398. The van der Waals surface area contributed by atoms with Gasteiger partial charge in [0.2, 0.25) is 0 Å². The molecule has 2 saturated heterocycles. The number of likely N-dealkylation sites (tertiary alicyclic amines) is 1. The first kappa shape index (κ1) is 22.4. The Balaban J connectivity index is 0.00000261. The normalized spacial score (nSPS) is 28.5. The standard InChI is InChI=1S/C19H34N6O.HI/c1-15-5-7-23(12-18(15)24-8-6-21-14-24)19(20-4)22-11-16(2)25-9-10-26-13-17(25)3;/h6,8,14-18H,5,7,9-13H2,1-4H3,(H,20,22);1H. The third kappa shape index (κ3) is 5.57. The summed E-state index contributed by atoms with van der Waals surface area (Å²) in [7, 11) is 1.88. The van der Waals surface area contributed by atoms with Crippen molar-refractivity contribution < 1.29 is 4.74 Å². The van der Waals surface area contributed by atoms with Crippen LogP contribution in [0.25, 0.3) is 0 Å². The Morgan fingerprint density at radius 3 is 2.85 bits per heavy atom. The van der Waals surface area contributed by atoms with Gasteiger partial charge >= 0.3 is 0 Å². The monoisotopic (exact) mass is 490 g/mol. The molecule has 4 atom stereocenters. The van der Waals surface area contributed by atoms with Crippen LogP contribution in [-0.4, -0.2) is 83.8 Å². The third-order valence-electron chi connectivity index (χ3n) is 5.88. The largest absolute Gasteiger partial charge is 0.379 e. The third-order valence-corrected chi connectivity index (χ3v) is 5.88. The lowest BCUT2D eigenvalue weighted by Gasteiger charge is -2.41. The summed E-state index contributed by atoms with van der Waals surface area (Å²) in [4.78, 5) is 13.7. The van der Waals surface area contributed by atoms with E-state index in [0.717, 1.165) is 45.4 Å². The Morgan fingerprint density at radius 2 is 2.19 bits per heavy atom. The van der Waals surface area contributed by atoms with Gasteiger partial charge < -0.3 is 19.5 Å². The molecule has 0 saturated carbocycles. The second-order valence-electron chi connectivity index (χ2n) is 7.73. The maximum absolute atomic E-state index is 5.56. The van der Waals surface area contributed by atoms with Crippen molar-refractivity contribution in [2.45, 2.75) is 45.3 Å². The van der Waals surface area contributed by atoms with E-state index < -0.39 is 0 Å². The molecule has 8 heteroatoms. The van der Waals surface area contributed by atoms with Crippen molar-refractivity contribution in [2.24, 2.45) is 10.9 Å². The number of aromatic nitrogens is 2. The first-order chi connectivity index (χ1) is 12.6. The van der Waals surface area contributed by atoms with Crippen molar-refractivity contribution in [3.05, 3.63) is 18.7 Å². The van der Waals surface area contributed by atoms with Gasteiger partial charge in [0, 0.05) is 57.7 Å². The fourth-order valence-electron chi connectivity index (χ4n) is 4.18. The Morgan fingerprint density at radius 1 is 1.37 bits per heavy atom. The highest BCUT2D eigenvalue weighted by atomic mass is 127. The Labute approximate surface area is 180 Å². The summed E-state index contributed by atoms with van der Waals surface area (Å²) >= 11 is 0. The number of aliphatic imine (C=N–C) groups is 1. The number of nitrogens with zero attached hydrogens (tertiary/aromatic N) is 5. The molecule has 1 N–H and O–H groups in total. The molecule has 0 bridgehead atoms. The van der Waals surface area contributed by atoms with Crippen molar-refractivity contribution in [3.8, 4) is 0 Å². The molecule has 4 unspecified atom stereocenters. The molecule has 0 aliphatic carbocycles. The summed E-state index contributed by atoms with van der Waals surface area (Å²) < 4.78 is 7.80. The highest BCUT2D eigenvalue weighted by molar-refractivity contribution is 14.0. The average molecular weight is 490 g/mol. The lowest BCUT2D eigenvalue weighted by atomic mass is 9.93. The fraction of sp³-hybridized carbons (Fsp3) is 0.789. The van der Waals surface area contributed by atoms with Gasteiger partial charge in [-0.3, -0.25) is 9.89 Å². The highest BCUT2D eigenvalue weighted by Gasteiger charge is 2.29. The van der Waals surface area contributed by atoms with Crippen LogP contribution in [0.2, 0.25) is 0 Å². The van der Waals surface area contributed by atoms with E-state index in [-0.39, 0.29) is 24.0 Å². The summed E-state index contributed by atoms with van der Waals surface area (Å²) in [5, 5.41) is 3.61. The van der Waals surface area contributed by atoms with Crippen LogP contribution in [0.5, 0.6) is 0 Å². The molecule has 7 nitrogen and oxygen atoms in total. The van der Waals surface area contributed by atoms with E-state index >= 15 is 0 Å². The smallest absolute Gasteiger partial charge is 0.193 e. The average Bonchev–Trinajstić information content (AvgIpc) is 3.18. The van der Waals surface area contributed by atoms with Crippen molar-refractivity contribution in [2.75, 3.05) is 46.4 Å². The molecular formula is C19H35IN6O. The van der Waals surface area contributed by atoms with E-state index in [9.17, 15) is 0 Å². The summed E-state index contributed by atoms with van der Waals surface area (Å²) in [6.45, 7) is 12.5. The number of ether oxygens (including phenoxy) is 1. The Bertz CT molecular complexity index is 581. The molecule has 2 aliphatic rings. The van der Waals surface area contributed by atoms with E-state index in [1.54, 1.807) is 0 Å². The van der Waals surface area contributed by atoms with Crippen LogP contribution in [0.1, 0.15) is 33.2 Å². The molecule has 3 rings (SSSR count). The van der Waals surface area contributed by atoms with Crippen LogP contribution in [0.4, 0.5) is 0 Å². The number of hydrogen-bond donors (Lipinski definition) is 1. The van der Waals surface area contributed by atoms with Gasteiger partial charge in [0.1, 0.15) is 0 Å². The van der Waals surface area contributed by atoms with E-state index in [2.05, 4.69) is 56.6 Å². The first-order valence-electron chi connectivity index (χ1n) is 9.86. The van der Waals surface area contributed by atoms with Crippen molar-refractivity contribution in [3.63, 3.8) is 0 Å². The molecule has 27 heavy (non-hydrogen) atoms. The zero-order valence-corrected chi connectivity index (χ0v) is 19.4. The number of halogens is 1. The topological polar surface area (TPSA) is 57.9 Å². The van der Waals surface area contributed by atoms with Crippen molar-refractivity contribution in [1.82, 2.24) is 24.7 Å². The lowest BCUT2D eigenvalue weighted by Crippen LogP contribution is -2.54. The van der Waals surface area contributed by atoms with Gasteiger partial charge in [-0.25, -0.2) is 4.98 Å². The number of hydrogen-bond acceptors (Lipinski definition) is 4. The number of imidazole rings is 1. The zero-order chi connectivity index (χ0) is 18.5. The summed E-state index contributed by atoms with van der Waals surface area (Å²) in [5.74, 6) is 1.65. The van der Waals surface area contributed by atoms with E-state index in [4.69, 9.17) is 4.74 Å². The van der Waals surface area contributed by atoms with Crippen LogP contribution < -0.4 is 5.32 Å². The molecule has 0 aromatic carbocycles. The minimum Gasteiger partial charge on any atom is -0.379 e. The zero-order valence-electron chi connectivity index (χ0n) is 17.0. The van der Waals surface area contributed by atoms with Gasteiger partial charge in [0.05, 0.1) is 25.6 Å². The Kier molecular flexibility index (Phi) is 8.81. The second kappa shape index (κ2) is 10.6. The molecule has 154 valence electrons. The first-order valence-corrected chi connectivity index (χ1v) is 9.86. The van der Waals surface area contributed by atoms with E-state index in [1.807, 2.05) is 19.6 Å². The van der Waals surface area contributed by atoms with Gasteiger partial charge in [0.15, 0.2) is 5.96 Å². The van der Waals surface area contributed by atoms with Gasteiger partial charge in [-0.05, 0) is 26.2 Å². The predicted octanol–water partition coefficient (Wildman–Crippen LogP) is 2.07. The predicted molar refractivity (Wildman–Crippen MR) is 120 cm³/mol. The van der Waals surface area contributed by atoms with Crippen molar-refractivity contribution in [1.29, 1.82) is 0 Å². The Hall–Kier alpha value is -0.870. The summed E-state index contributed by atoms with van der Waals surface area (Å²) in [6.07, 6.45) is 7.04. The van der Waals surface area contributed by atoms with Gasteiger partial charge in [-0.15, -0.1) is 24.0 Å². The summed E-state index contributed by atoms with van der Waals surface area (Å²) in [5.41, 5.74) is 0. The highest BCUT2D eigenvalue weighted by Crippen LogP contribution is 2.27. The van der Waals surface area contributed by atoms with Crippen LogP contribution in [-0.2, 0) is 4.74 Å². The summed E-state index contributed by atoms with van der Waals surface area (Å²) in [6, 6.07) is 1.38. The van der Waals surface area contributed by atoms with Gasteiger partial charge in [-0.1, -0.05) is 6.92 Å². The number of rotatable bonds is 4. The molecule has 2 aliphatic heterocycles. The van der Waals surface area contributed by atoms with E-state index in [0.29, 0.717) is 24.0 Å².